The second-order valence-corrected chi connectivity index (χ2v) is 20.0. The third-order valence-electron chi connectivity index (χ3n) is 12.2. The number of hydrogen-bond donors (Lipinski definition) is 2. The van der Waals surface area contributed by atoms with Crippen LogP contribution in [-0.4, -0.2) is 26.4 Å². The van der Waals surface area contributed by atoms with E-state index in [1.165, 1.54) is 11.1 Å². The average Bonchev–Trinajstić information content (AvgIpc) is 3.20. The van der Waals surface area contributed by atoms with Crippen molar-refractivity contribution in [3.63, 3.8) is 0 Å². The van der Waals surface area contributed by atoms with Gasteiger partial charge >= 0.3 is 0 Å². The van der Waals surface area contributed by atoms with Crippen LogP contribution in [0.1, 0.15) is 202 Å². The highest BCUT2D eigenvalue weighted by Gasteiger charge is 2.27. The molecule has 0 radical (unpaired) electrons. The van der Waals surface area contributed by atoms with Crippen LogP contribution in [0.15, 0.2) is 48.5 Å². The van der Waals surface area contributed by atoms with Crippen LogP contribution in [0.3, 0.4) is 0 Å². The van der Waals surface area contributed by atoms with Crippen molar-refractivity contribution in [2.75, 3.05) is 37.9 Å². The van der Waals surface area contributed by atoms with Gasteiger partial charge in [-0.2, -0.15) is 0 Å². The molecule has 4 N–H and O–H groups in total. The maximum atomic E-state index is 6.98. The Bertz CT molecular complexity index is 1810. The number of benzene rings is 4. The van der Waals surface area contributed by atoms with Crippen LogP contribution in [0.4, 0.5) is 11.4 Å². The molecule has 62 heavy (non-hydrogen) atoms. The summed E-state index contributed by atoms with van der Waals surface area (Å²) in [6.07, 6.45) is 15.5. The molecule has 0 saturated heterocycles. The number of nitrogen functional groups attached to an aromatic ring is 2. The van der Waals surface area contributed by atoms with Crippen molar-refractivity contribution < 1.29 is 18.9 Å². The number of nitrogens with two attached hydrogens (primary N) is 2. The van der Waals surface area contributed by atoms with E-state index in [9.17, 15) is 0 Å². The summed E-state index contributed by atoms with van der Waals surface area (Å²) in [6.45, 7) is 25.4. The molecule has 4 aromatic rings. The molecule has 0 fully saturated rings. The summed E-state index contributed by atoms with van der Waals surface area (Å²) in [4.78, 5) is 0. The minimum Gasteiger partial charge on any atom is -0.493 e. The van der Waals surface area contributed by atoms with Gasteiger partial charge in [-0.05, 0) is 94.2 Å². The van der Waals surface area contributed by atoms with Crippen LogP contribution in [0.5, 0.6) is 23.0 Å². The van der Waals surface area contributed by atoms with E-state index in [4.69, 9.17) is 30.4 Å². The van der Waals surface area contributed by atoms with Crippen LogP contribution in [0.25, 0.3) is 0 Å². The van der Waals surface area contributed by atoms with Gasteiger partial charge in [0.25, 0.3) is 0 Å². The van der Waals surface area contributed by atoms with Gasteiger partial charge in [-0.1, -0.05) is 145 Å². The topological polar surface area (TPSA) is 89.0 Å². The highest BCUT2D eigenvalue weighted by atomic mass is 16.5. The van der Waals surface area contributed by atoms with Gasteiger partial charge < -0.3 is 30.4 Å². The molecule has 1 aliphatic carbocycles. The lowest BCUT2D eigenvalue weighted by Gasteiger charge is -2.27. The van der Waals surface area contributed by atoms with Crippen molar-refractivity contribution in [2.24, 2.45) is 0 Å². The van der Waals surface area contributed by atoms with Crippen LogP contribution in [0, 0.1) is 0 Å². The van der Waals surface area contributed by atoms with Gasteiger partial charge in [0.1, 0.15) is 23.0 Å². The molecule has 0 aliphatic heterocycles. The summed E-state index contributed by atoms with van der Waals surface area (Å²) in [5.74, 6) is 3.77. The summed E-state index contributed by atoms with van der Waals surface area (Å²) in [5, 5.41) is 0. The average molecular weight is 847 g/mol. The SMILES string of the molecule is CCCCCOc1c2cc(N)cc1Cc1cc(C(C)(C)C)cc(c1OCCCCC)Cc1cc(N)cc(c1OCCCCC)Cc1cc(C(C)(C)C)cc(c1OCCCCC)C2. The van der Waals surface area contributed by atoms with Gasteiger partial charge in [0.2, 0.25) is 0 Å². The molecule has 4 aromatic carbocycles. The molecule has 0 aromatic heterocycles. The van der Waals surface area contributed by atoms with Gasteiger partial charge in [0.05, 0.1) is 26.4 Å². The Morgan fingerprint density at radius 2 is 0.565 bits per heavy atom. The van der Waals surface area contributed by atoms with E-state index in [1.54, 1.807) is 0 Å². The predicted molar refractivity (Wildman–Crippen MR) is 263 cm³/mol. The van der Waals surface area contributed by atoms with E-state index in [0.29, 0.717) is 52.1 Å². The minimum absolute atomic E-state index is 0.104. The van der Waals surface area contributed by atoms with E-state index in [1.807, 2.05) is 0 Å². The van der Waals surface area contributed by atoms with E-state index in [0.717, 1.165) is 156 Å². The lowest BCUT2D eigenvalue weighted by atomic mass is 9.81. The summed E-state index contributed by atoms with van der Waals surface area (Å²) in [6, 6.07) is 18.0. The van der Waals surface area contributed by atoms with Gasteiger partial charge in [0, 0.05) is 59.3 Å². The maximum Gasteiger partial charge on any atom is 0.126 e. The van der Waals surface area contributed by atoms with E-state index in [-0.39, 0.29) is 10.8 Å². The Kier molecular flexibility index (Phi) is 18.0. The summed E-state index contributed by atoms with van der Waals surface area (Å²) in [7, 11) is 0. The smallest absolute Gasteiger partial charge is 0.126 e. The summed E-state index contributed by atoms with van der Waals surface area (Å²) in [5.41, 5.74) is 26.6. The molecule has 8 bridgehead atoms. The first-order valence-corrected chi connectivity index (χ1v) is 24.3. The van der Waals surface area contributed by atoms with Crippen molar-refractivity contribution in [1.82, 2.24) is 0 Å². The molecule has 0 unspecified atom stereocenters. The standard InChI is InChI=1S/C56H82N2O4/c1-11-15-19-23-59-51-39-27-43-35-49(57)37-45(53(43)61-25-21-17-13-3)29-41-33-48(56(8,9)10)34-42(52(41)60-24-20-16-12-2)30-46-38-50(58)36-44(54(46)62-26-22-18-14-4)28-40(51)32-47(31-39)55(5,6)7/h31-38H,11-30,57-58H2,1-10H3. The van der Waals surface area contributed by atoms with Crippen LogP contribution in [-0.2, 0) is 36.5 Å². The van der Waals surface area contributed by atoms with Crippen molar-refractivity contribution in [2.45, 2.75) is 183 Å². The second kappa shape index (κ2) is 22.9. The summed E-state index contributed by atoms with van der Waals surface area (Å²) >= 11 is 0. The molecule has 340 valence electrons. The van der Waals surface area contributed by atoms with Crippen LogP contribution >= 0.6 is 0 Å². The quantitative estimate of drug-likeness (QED) is 0.0599. The molecule has 5 rings (SSSR count). The van der Waals surface area contributed by atoms with Crippen molar-refractivity contribution >= 4 is 11.4 Å². The highest BCUT2D eigenvalue weighted by Crippen LogP contribution is 2.43. The molecule has 0 saturated carbocycles. The van der Waals surface area contributed by atoms with Crippen LogP contribution in [0.2, 0.25) is 0 Å². The Morgan fingerprint density at radius 1 is 0.355 bits per heavy atom. The number of fused-ring (bicyclic) bond motifs is 8. The number of anilines is 2. The molecule has 0 atom stereocenters. The normalized spacial score (nSPS) is 12.9. The lowest BCUT2D eigenvalue weighted by molar-refractivity contribution is 0.294. The second-order valence-electron chi connectivity index (χ2n) is 20.0. The van der Waals surface area contributed by atoms with Gasteiger partial charge in [0.15, 0.2) is 0 Å². The number of hydrogen-bond acceptors (Lipinski definition) is 6. The molecule has 6 nitrogen and oxygen atoms in total. The van der Waals surface area contributed by atoms with Crippen molar-refractivity contribution in [3.8, 4) is 23.0 Å². The van der Waals surface area contributed by atoms with Gasteiger partial charge in [-0.25, -0.2) is 0 Å². The van der Waals surface area contributed by atoms with E-state index < -0.39 is 0 Å². The Labute approximate surface area is 376 Å². The third kappa shape index (κ3) is 13.3. The fourth-order valence-corrected chi connectivity index (χ4v) is 8.66. The number of unbranched alkanes of at least 4 members (excludes halogenated alkanes) is 8. The third-order valence-corrected chi connectivity index (χ3v) is 12.2. The molecule has 0 spiro atoms. The molecule has 6 heteroatoms. The molecular weight excluding hydrogens is 765 g/mol. The van der Waals surface area contributed by atoms with E-state index >= 15 is 0 Å². The monoisotopic (exact) mass is 847 g/mol. The first-order chi connectivity index (χ1) is 29.7. The number of ether oxygens (including phenoxy) is 4. The molecule has 0 heterocycles. The highest BCUT2D eigenvalue weighted by molar-refractivity contribution is 5.62. The van der Waals surface area contributed by atoms with Crippen LogP contribution < -0.4 is 30.4 Å². The fourth-order valence-electron chi connectivity index (χ4n) is 8.66. The summed E-state index contributed by atoms with van der Waals surface area (Å²) < 4.78 is 27.9. The Morgan fingerprint density at radius 3 is 0.758 bits per heavy atom. The van der Waals surface area contributed by atoms with Crippen molar-refractivity contribution in [3.05, 3.63) is 104 Å². The molecule has 0 amide bonds. The zero-order chi connectivity index (χ0) is 44.9. The molecule has 1 aliphatic rings. The fraction of sp³-hybridized carbons (Fsp3) is 0.571. The maximum absolute atomic E-state index is 6.98. The zero-order valence-electron chi connectivity index (χ0n) is 40.5. The molecular formula is C56H82N2O4. The van der Waals surface area contributed by atoms with Gasteiger partial charge in [-0.3, -0.25) is 0 Å². The largest absolute Gasteiger partial charge is 0.493 e. The van der Waals surface area contributed by atoms with Crippen molar-refractivity contribution in [1.29, 1.82) is 0 Å². The Hall–Kier alpha value is -4.32. The first-order valence-electron chi connectivity index (χ1n) is 24.3. The zero-order valence-corrected chi connectivity index (χ0v) is 40.5. The van der Waals surface area contributed by atoms with Gasteiger partial charge in [-0.15, -0.1) is 0 Å². The van der Waals surface area contributed by atoms with E-state index in [2.05, 4.69) is 118 Å². The minimum atomic E-state index is -0.104. The number of rotatable bonds is 20. The lowest BCUT2D eigenvalue weighted by Crippen LogP contribution is -2.16. The first kappa shape index (κ1) is 48.7. The predicted octanol–water partition coefficient (Wildman–Crippen LogP) is 14.4. The Balaban J connectivity index is 1.88.